The molecule has 0 fully saturated rings. The number of anilines is 1. The first-order valence-electron chi connectivity index (χ1n) is 10.4. The predicted molar refractivity (Wildman–Crippen MR) is 127 cm³/mol. The van der Waals surface area contributed by atoms with E-state index in [0.29, 0.717) is 11.5 Å². The molecule has 0 saturated carbocycles. The monoisotopic (exact) mass is 427 g/mol. The summed E-state index contributed by atoms with van der Waals surface area (Å²) < 4.78 is 12.2. The zero-order chi connectivity index (χ0) is 22.3. The Labute approximate surface area is 187 Å². The molecule has 0 saturated heterocycles. The highest BCUT2D eigenvalue weighted by molar-refractivity contribution is 6.03. The molecule has 1 amide bonds. The minimum absolute atomic E-state index is 0.219. The number of hydrogen-bond donors (Lipinski definition) is 1. The maximum absolute atomic E-state index is 13.0. The highest BCUT2D eigenvalue weighted by Gasteiger charge is 2.17. The van der Waals surface area contributed by atoms with Gasteiger partial charge in [0.1, 0.15) is 5.75 Å². The van der Waals surface area contributed by atoms with Gasteiger partial charge in [0.2, 0.25) is 5.95 Å². The van der Waals surface area contributed by atoms with Gasteiger partial charge < -0.3 is 9.47 Å². The Kier molecular flexibility index (Phi) is 6.51. The SMILES string of the molecule is CO/C=C/c1ccc(C(=O)Nc2nc(-c3cccc(OC)c3)cn2C2=CC=CCC2)cc1. The molecule has 3 aromatic rings. The number of hydrogen-bond acceptors (Lipinski definition) is 4. The number of carbonyl (C=O) groups excluding carboxylic acids is 1. The van der Waals surface area contributed by atoms with Crippen LogP contribution >= 0.6 is 0 Å². The molecule has 0 unspecified atom stereocenters. The standard InChI is InChI=1S/C26H25N3O3/c1-31-16-15-19-11-13-20(14-12-19)25(30)28-26-27-24(21-7-6-10-23(17-21)32-2)18-29(26)22-8-4-3-5-9-22/h3-4,6-8,10-18H,5,9H2,1-2H3,(H,27,28,30)/b16-15+. The Morgan fingerprint density at radius 3 is 2.72 bits per heavy atom. The van der Waals surface area contributed by atoms with Crippen LogP contribution < -0.4 is 10.1 Å². The molecule has 32 heavy (non-hydrogen) atoms. The van der Waals surface area contributed by atoms with Gasteiger partial charge in [-0.25, -0.2) is 4.98 Å². The van der Waals surface area contributed by atoms with Crippen LogP contribution in [0.4, 0.5) is 5.95 Å². The molecule has 1 heterocycles. The molecule has 0 aliphatic heterocycles. The van der Waals surface area contributed by atoms with E-state index in [9.17, 15) is 4.79 Å². The van der Waals surface area contributed by atoms with Crippen molar-refractivity contribution in [2.75, 3.05) is 19.5 Å². The zero-order valence-corrected chi connectivity index (χ0v) is 18.1. The van der Waals surface area contributed by atoms with Crippen molar-refractivity contribution in [3.05, 3.63) is 90.3 Å². The summed E-state index contributed by atoms with van der Waals surface area (Å²) in [5, 5.41) is 2.98. The maximum atomic E-state index is 13.0. The van der Waals surface area contributed by atoms with E-state index in [4.69, 9.17) is 14.5 Å². The molecule has 1 aromatic heterocycles. The van der Waals surface area contributed by atoms with Gasteiger partial charge in [0.05, 0.1) is 26.2 Å². The number of benzene rings is 2. The molecule has 6 heteroatoms. The third-order valence-electron chi connectivity index (χ3n) is 5.17. The van der Waals surface area contributed by atoms with Gasteiger partial charge in [0, 0.05) is 23.0 Å². The topological polar surface area (TPSA) is 65.4 Å². The summed E-state index contributed by atoms with van der Waals surface area (Å²) in [5.74, 6) is 1.02. The lowest BCUT2D eigenvalue weighted by Crippen LogP contribution is -2.16. The van der Waals surface area contributed by atoms with Crippen molar-refractivity contribution in [3.63, 3.8) is 0 Å². The molecule has 6 nitrogen and oxygen atoms in total. The van der Waals surface area contributed by atoms with Crippen LogP contribution in [-0.4, -0.2) is 29.7 Å². The second-order valence-corrected chi connectivity index (χ2v) is 7.29. The van der Waals surface area contributed by atoms with Crippen LogP contribution in [0, 0.1) is 0 Å². The van der Waals surface area contributed by atoms with Crippen LogP contribution in [-0.2, 0) is 4.74 Å². The lowest BCUT2D eigenvalue weighted by atomic mass is 10.1. The molecule has 1 aliphatic carbocycles. The van der Waals surface area contributed by atoms with E-state index in [-0.39, 0.29) is 5.91 Å². The van der Waals surface area contributed by atoms with Crippen LogP contribution in [0.15, 0.2) is 79.2 Å². The summed E-state index contributed by atoms with van der Waals surface area (Å²) in [4.78, 5) is 17.7. The molecule has 0 bridgehead atoms. The molecule has 1 N–H and O–H groups in total. The Morgan fingerprint density at radius 2 is 2.00 bits per heavy atom. The molecular formula is C26H25N3O3. The van der Waals surface area contributed by atoms with E-state index < -0.39 is 0 Å². The average Bonchev–Trinajstić information content (AvgIpc) is 3.27. The number of amides is 1. The highest BCUT2D eigenvalue weighted by Crippen LogP contribution is 2.29. The van der Waals surface area contributed by atoms with Gasteiger partial charge in [-0.3, -0.25) is 14.7 Å². The number of rotatable bonds is 7. The molecule has 0 radical (unpaired) electrons. The van der Waals surface area contributed by atoms with E-state index in [0.717, 1.165) is 41.1 Å². The number of methoxy groups -OCH3 is 2. The minimum Gasteiger partial charge on any atom is -0.504 e. The number of ether oxygens (including phenoxy) is 2. The molecular weight excluding hydrogens is 402 g/mol. The molecule has 162 valence electrons. The number of nitrogens with zero attached hydrogens (tertiary/aromatic N) is 2. The van der Waals surface area contributed by atoms with Gasteiger partial charge >= 0.3 is 0 Å². The van der Waals surface area contributed by atoms with E-state index in [1.54, 1.807) is 32.6 Å². The third kappa shape index (κ3) is 4.81. The van der Waals surface area contributed by atoms with Crippen LogP contribution in [0.25, 0.3) is 23.0 Å². The van der Waals surface area contributed by atoms with Crippen molar-refractivity contribution in [1.82, 2.24) is 9.55 Å². The van der Waals surface area contributed by atoms with E-state index in [2.05, 4.69) is 11.4 Å². The van der Waals surface area contributed by atoms with Crippen LogP contribution in [0.1, 0.15) is 28.8 Å². The van der Waals surface area contributed by atoms with E-state index >= 15 is 0 Å². The van der Waals surface area contributed by atoms with Gasteiger partial charge in [-0.1, -0.05) is 36.4 Å². The first-order valence-corrected chi connectivity index (χ1v) is 10.4. The number of allylic oxidation sites excluding steroid dienone is 4. The maximum Gasteiger partial charge on any atom is 0.257 e. The lowest BCUT2D eigenvalue weighted by Gasteiger charge is -2.13. The van der Waals surface area contributed by atoms with E-state index in [1.807, 2.05) is 65.4 Å². The summed E-state index contributed by atoms with van der Waals surface area (Å²) in [6.07, 6.45) is 13.4. The van der Waals surface area contributed by atoms with Crippen LogP contribution in [0.2, 0.25) is 0 Å². The fourth-order valence-electron chi connectivity index (χ4n) is 3.47. The smallest absolute Gasteiger partial charge is 0.257 e. The quantitative estimate of drug-likeness (QED) is 0.497. The summed E-state index contributed by atoms with van der Waals surface area (Å²) in [6, 6.07) is 15.0. The van der Waals surface area contributed by atoms with Gasteiger partial charge in [-0.15, -0.1) is 0 Å². The second-order valence-electron chi connectivity index (χ2n) is 7.29. The third-order valence-corrected chi connectivity index (χ3v) is 5.17. The van der Waals surface area contributed by atoms with Crippen molar-refractivity contribution in [3.8, 4) is 17.0 Å². The van der Waals surface area contributed by atoms with Crippen LogP contribution in [0.5, 0.6) is 5.75 Å². The molecule has 4 rings (SSSR count). The fraction of sp³-hybridized carbons (Fsp3) is 0.154. The second kappa shape index (κ2) is 9.83. The van der Waals surface area contributed by atoms with Crippen molar-refractivity contribution >= 4 is 23.6 Å². The van der Waals surface area contributed by atoms with Gasteiger partial charge in [0.25, 0.3) is 5.91 Å². The summed E-state index contributed by atoms with van der Waals surface area (Å²) in [6.45, 7) is 0. The summed E-state index contributed by atoms with van der Waals surface area (Å²) >= 11 is 0. The van der Waals surface area contributed by atoms with Crippen molar-refractivity contribution in [2.45, 2.75) is 12.8 Å². The molecule has 0 atom stereocenters. The first-order chi connectivity index (χ1) is 15.7. The summed E-state index contributed by atoms with van der Waals surface area (Å²) in [7, 11) is 3.23. The van der Waals surface area contributed by atoms with Gasteiger partial charge in [0.15, 0.2) is 0 Å². The van der Waals surface area contributed by atoms with Crippen LogP contribution in [0.3, 0.4) is 0 Å². The van der Waals surface area contributed by atoms with Gasteiger partial charge in [-0.2, -0.15) is 0 Å². The Bertz CT molecular complexity index is 1190. The fourth-order valence-corrected chi connectivity index (χ4v) is 3.47. The largest absolute Gasteiger partial charge is 0.504 e. The summed E-state index contributed by atoms with van der Waals surface area (Å²) in [5.41, 5.74) is 4.25. The molecule has 2 aromatic carbocycles. The average molecular weight is 428 g/mol. The van der Waals surface area contributed by atoms with Crippen molar-refractivity contribution < 1.29 is 14.3 Å². The number of carbonyl (C=O) groups is 1. The Morgan fingerprint density at radius 1 is 1.16 bits per heavy atom. The highest BCUT2D eigenvalue weighted by atomic mass is 16.5. The van der Waals surface area contributed by atoms with Gasteiger partial charge in [-0.05, 0) is 54.8 Å². The zero-order valence-electron chi connectivity index (χ0n) is 18.1. The first kappa shape index (κ1) is 21.2. The lowest BCUT2D eigenvalue weighted by molar-refractivity contribution is 0.102. The Balaban J connectivity index is 1.65. The normalized spacial score (nSPS) is 13.1. The predicted octanol–water partition coefficient (Wildman–Crippen LogP) is 5.62. The number of imidazole rings is 1. The van der Waals surface area contributed by atoms with Crippen molar-refractivity contribution in [1.29, 1.82) is 0 Å². The Hall–Kier alpha value is -4.06. The molecule has 1 aliphatic rings. The number of aromatic nitrogens is 2. The number of nitrogens with one attached hydrogen (secondary N) is 1. The molecule has 0 spiro atoms. The minimum atomic E-state index is -0.219. The van der Waals surface area contributed by atoms with E-state index in [1.165, 1.54) is 0 Å². The van der Waals surface area contributed by atoms with Crippen molar-refractivity contribution in [2.24, 2.45) is 0 Å².